The third kappa shape index (κ3) is 2.46. The summed E-state index contributed by atoms with van der Waals surface area (Å²) in [4.78, 5) is 27.4. The van der Waals surface area contributed by atoms with Gasteiger partial charge in [0.05, 0.1) is 0 Å². The molecule has 1 saturated carbocycles. The van der Waals surface area contributed by atoms with E-state index in [0.717, 1.165) is 6.54 Å². The van der Waals surface area contributed by atoms with Gasteiger partial charge in [-0.05, 0) is 50.9 Å². The largest absolute Gasteiger partial charge is 0.350 e. The van der Waals surface area contributed by atoms with E-state index in [4.69, 9.17) is 0 Å². The van der Waals surface area contributed by atoms with Crippen molar-refractivity contribution in [3.8, 4) is 0 Å². The molecule has 1 N–H and O–H groups in total. The third-order valence-electron chi connectivity index (χ3n) is 5.34. The Labute approximate surface area is 133 Å². The number of hydrogen-bond acceptors (Lipinski definition) is 2. The normalized spacial score (nSPS) is 36.1. The number of carbonyl (C=O) groups excluding carboxylic acids is 2. The fourth-order valence-corrected chi connectivity index (χ4v) is 4.56. The molecule has 2 amide bonds. The van der Waals surface area contributed by atoms with Crippen molar-refractivity contribution in [2.24, 2.45) is 29.6 Å². The molecule has 3 aliphatic rings. The van der Waals surface area contributed by atoms with Crippen molar-refractivity contribution in [1.82, 2.24) is 10.2 Å². The Bertz CT molecular complexity index is 518. The van der Waals surface area contributed by atoms with Gasteiger partial charge in [0.15, 0.2) is 0 Å². The minimum absolute atomic E-state index is 0.0231. The number of allylic oxidation sites excluding steroid dienone is 2. The van der Waals surface area contributed by atoms with E-state index < -0.39 is 0 Å². The van der Waals surface area contributed by atoms with Crippen molar-refractivity contribution in [3.63, 3.8) is 0 Å². The number of carbonyl (C=O) groups is 2. The van der Waals surface area contributed by atoms with Gasteiger partial charge in [0.1, 0.15) is 6.04 Å². The van der Waals surface area contributed by atoms with E-state index in [9.17, 15) is 9.59 Å². The van der Waals surface area contributed by atoms with Crippen LogP contribution in [0.3, 0.4) is 0 Å². The molecule has 0 aromatic heterocycles. The predicted molar refractivity (Wildman–Crippen MR) is 86.0 cm³/mol. The van der Waals surface area contributed by atoms with Gasteiger partial charge in [0, 0.05) is 18.0 Å². The number of likely N-dealkylation sites (tertiary alicyclic amines) is 1. The Morgan fingerprint density at radius 2 is 1.82 bits per heavy atom. The molecule has 0 unspecified atom stereocenters. The van der Waals surface area contributed by atoms with Crippen LogP contribution in [0.1, 0.15) is 41.0 Å². The predicted octanol–water partition coefficient (Wildman–Crippen LogP) is 2.21. The molecule has 0 spiro atoms. The Balaban J connectivity index is 1.88. The van der Waals surface area contributed by atoms with Gasteiger partial charge in [-0.1, -0.05) is 26.0 Å². The average Bonchev–Trinajstić information content (AvgIpc) is 3.06. The quantitative estimate of drug-likeness (QED) is 0.795. The fourth-order valence-electron chi connectivity index (χ4n) is 4.56. The van der Waals surface area contributed by atoms with Crippen LogP contribution in [0.25, 0.3) is 0 Å². The third-order valence-corrected chi connectivity index (χ3v) is 5.34. The first-order valence-corrected chi connectivity index (χ1v) is 8.50. The first kappa shape index (κ1) is 15.6. The van der Waals surface area contributed by atoms with E-state index in [2.05, 4.69) is 17.5 Å². The van der Waals surface area contributed by atoms with Gasteiger partial charge in [0.2, 0.25) is 11.8 Å². The second kappa shape index (κ2) is 5.10. The Morgan fingerprint density at radius 1 is 1.18 bits per heavy atom. The molecule has 0 aromatic rings. The van der Waals surface area contributed by atoms with Crippen LogP contribution >= 0.6 is 0 Å². The lowest BCUT2D eigenvalue weighted by molar-refractivity contribution is -0.142. The van der Waals surface area contributed by atoms with Crippen LogP contribution in [0.2, 0.25) is 0 Å². The van der Waals surface area contributed by atoms with Gasteiger partial charge in [-0.15, -0.1) is 0 Å². The Hall–Kier alpha value is -1.32. The molecule has 1 saturated heterocycles. The van der Waals surface area contributed by atoms with Gasteiger partial charge in [0.25, 0.3) is 0 Å². The van der Waals surface area contributed by atoms with Crippen LogP contribution in [-0.2, 0) is 9.59 Å². The van der Waals surface area contributed by atoms with Crippen LogP contribution in [0.5, 0.6) is 0 Å². The minimum atomic E-state index is -0.293. The Kier molecular flexibility index (Phi) is 3.61. The maximum atomic E-state index is 12.9. The smallest absolute Gasteiger partial charge is 0.243 e. The fraction of sp³-hybridized carbons (Fsp3) is 0.778. The molecule has 2 aliphatic carbocycles. The monoisotopic (exact) mass is 304 g/mol. The van der Waals surface area contributed by atoms with Crippen molar-refractivity contribution >= 4 is 11.8 Å². The lowest BCUT2D eigenvalue weighted by atomic mass is 9.81. The summed E-state index contributed by atoms with van der Waals surface area (Å²) in [7, 11) is 0. The zero-order valence-corrected chi connectivity index (χ0v) is 14.3. The van der Waals surface area contributed by atoms with E-state index in [-0.39, 0.29) is 29.3 Å². The molecule has 122 valence electrons. The van der Waals surface area contributed by atoms with E-state index in [1.54, 1.807) is 0 Å². The maximum absolute atomic E-state index is 12.9. The van der Waals surface area contributed by atoms with E-state index in [0.29, 0.717) is 23.7 Å². The summed E-state index contributed by atoms with van der Waals surface area (Å²) < 4.78 is 0. The van der Waals surface area contributed by atoms with Crippen LogP contribution in [0.4, 0.5) is 0 Å². The molecule has 22 heavy (non-hydrogen) atoms. The van der Waals surface area contributed by atoms with Crippen LogP contribution in [0, 0.1) is 29.6 Å². The standard InChI is InChI=1S/C18H28N2O2/c1-10(2)17(22)20-9-13-11-6-7-12(8-11)14(13)15(20)16(21)19-18(3,4)5/h6-7,10-15H,8-9H2,1-5H3,(H,19,21)/t11-,12+,13-,14+,15+/m1/s1. The number of nitrogens with one attached hydrogen (secondary N) is 1. The van der Waals surface area contributed by atoms with Gasteiger partial charge >= 0.3 is 0 Å². The lowest BCUT2D eigenvalue weighted by Gasteiger charge is -2.33. The highest BCUT2D eigenvalue weighted by Crippen LogP contribution is 2.54. The number of fused-ring (bicyclic) bond motifs is 5. The molecular weight excluding hydrogens is 276 g/mol. The highest BCUT2D eigenvalue weighted by molar-refractivity contribution is 5.90. The summed E-state index contributed by atoms with van der Waals surface area (Å²) in [6, 6.07) is -0.293. The first-order chi connectivity index (χ1) is 10.2. The van der Waals surface area contributed by atoms with Crippen LogP contribution in [-0.4, -0.2) is 34.8 Å². The van der Waals surface area contributed by atoms with Crippen molar-refractivity contribution in [2.75, 3.05) is 6.54 Å². The zero-order valence-electron chi connectivity index (χ0n) is 14.3. The van der Waals surface area contributed by atoms with Gasteiger partial charge in [-0.3, -0.25) is 9.59 Å². The van der Waals surface area contributed by atoms with E-state index in [1.165, 1.54) is 6.42 Å². The molecule has 4 heteroatoms. The highest BCUT2D eigenvalue weighted by atomic mass is 16.2. The molecule has 1 heterocycles. The molecule has 5 atom stereocenters. The molecule has 0 aromatic carbocycles. The average molecular weight is 304 g/mol. The second-order valence-electron chi connectivity index (χ2n) is 8.52. The number of nitrogens with zero attached hydrogens (tertiary/aromatic N) is 1. The van der Waals surface area contributed by atoms with Gasteiger partial charge in [-0.25, -0.2) is 0 Å². The van der Waals surface area contributed by atoms with Crippen molar-refractivity contribution in [2.45, 2.75) is 52.6 Å². The summed E-state index contributed by atoms with van der Waals surface area (Å²) >= 11 is 0. The van der Waals surface area contributed by atoms with Crippen molar-refractivity contribution in [1.29, 1.82) is 0 Å². The SMILES string of the molecule is CC(C)C(=O)N1C[C@H]2[C@@H]([C@H]1C(=O)NC(C)(C)C)[C@H]1C=C[C@@H]2C1. The molecular formula is C18H28N2O2. The number of hydrogen-bond donors (Lipinski definition) is 1. The Morgan fingerprint density at radius 3 is 2.41 bits per heavy atom. The summed E-state index contributed by atoms with van der Waals surface area (Å²) in [5.74, 6) is 1.88. The number of rotatable bonds is 2. The second-order valence-corrected chi connectivity index (χ2v) is 8.52. The van der Waals surface area contributed by atoms with Crippen LogP contribution < -0.4 is 5.32 Å². The summed E-state index contributed by atoms with van der Waals surface area (Å²) in [6.07, 6.45) is 5.73. The molecule has 3 rings (SSSR count). The lowest BCUT2D eigenvalue weighted by Crippen LogP contribution is -2.54. The topological polar surface area (TPSA) is 49.4 Å². The molecule has 4 nitrogen and oxygen atoms in total. The van der Waals surface area contributed by atoms with Crippen LogP contribution in [0.15, 0.2) is 12.2 Å². The zero-order chi connectivity index (χ0) is 16.2. The summed E-state index contributed by atoms with van der Waals surface area (Å²) in [5.41, 5.74) is -0.269. The van der Waals surface area contributed by atoms with Gasteiger partial charge < -0.3 is 10.2 Å². The van der Waals surface area contributed by atoms with Crippen molar-refractivity contribution < 1.29 is 9.59 Å². The van der Waals surface area contributed by atoms with E-state index >= 15 is 0 Å². The minimum Gasteiger partial charge on any atom is -0.350 e. The molecule has 2 fully saturated rings. The molecule has 2 bridgehead atoms. The summed E-state index contributed by atoms with van der Waals surface area (Å²) in [5, 5.41) is 3.10. The van der Waals surface area contributed by atoms with E-state index in [1.807, 2.05) is 39.5 Å². The first-order valence-electron chi connectivity index (χ1n) is 8.50. The number of amides is 2. The molecule has 1 aliphatic heterocycles. The molecule has 0 radical (unpaired) electrons. The highest BCUT2D eigenvalue weighted by Gasteiger charge is 2.57. The van der Waals surface area contributed by atoms with Crippen molar-refractivity contribution in [3.05, 3.63) is 12.2 Å². The summed E-state index contributed by atoms with van der Waals surface area (Å²) in [6.45, 7) is 10.6. The maximum Gasteiger partial charge on any atom is 0.243 e. The van der Waals surface area contributed by atoms with Gasteiger partial charge in [-0.2, -0.15) is 0 Å².